The topological polar surface area (TPSA) is 14.1 Å². The van der Waals surface area contributed by atoms with E-state index in [-0.39, 0.29) is 8.41 Å². The van der Waals surface area contributed by atoms with Crippen LogP contribution in [0.4, 0.5) is 0 Å². The Morgan fingerprint density at radius 3 is 1.57 bits per heavy atom. The highest BCUT2D eigenvalue weighted by molar-refractivity contribution is 5.75. The molecular weight excluding hydrogens is 84.9 g/mol. The Morgan fingerprint density at radius 1 is 0.857 bits per heavy atom. The lowest BCUT2D eigenvalue weighted by Crippen LogP contribution is -1.93. The Kier molecular flexibility index (Phi) is 3.02. The first-order chi connectivity index (χ1) is 3.00. The van der Waals surface area contributed by atoms with Crippen molar-refractivity contribution in [2.45, 2.75) is 0 Å². The fourth-order valence-electron chi connectivity index (χ4n) is 0.342. The first kappa shape index (κ1) is 6.21. The Hall–Kier alpha value is -0.785. The van der Waals surface area contributed by atoms with Gasteiger partial charge in [-0.05, 0) is 0 Å². The van der Waals surface area contributed by atoms with Gasteiger partial charge >= 0.3 is 0 Å². The predicted molar refractivity (Wildman–Crippen MR) is 28.8 cm³/mol. The monoisotopic (exact) mass is 91.1 g/mol. The van der Waals surface area contributed by atoms with Crippen molar-refractivity contribution in [1.82, 2.24) is 0 Å². The van der Waals surface area contributed by atoms with Crippen molar-refractivity contribution in [1.29, 1.82) is 0 Å². The highest BCUT2D eigenvalue weighted by atomic mass is 14.6. The van der Waals surface area contributed by atoms with Gasteiger partial charge in [-0.2, -0.15) is 0 Å². The van der Waals surface area contributed by atoms with Crippen molar-refractivity contribution in [2.75, 3.05) is 0 Å². The van der Waals surface area contributed by atoms with E-state index in [9.17, 15) is 0 Å². The van der Waals surface area contributed by atoms with Gasteiger partial charge in [-0.3, -0.25) is 0 Å². The van der Waals surface area contributed by atoms with E-state index in [2.05, 4.69) is 4.98 Å². The summed E-state index contributed by atoms with van der Waals surface area (Å²) in [5.74, 6) is 0. The summed E-state index contributed by atoms with van der Waals surface area (Å²) in [4.78, 5) is 2.89. The lowest BCUT2D eigenvalue weighted by molar-refractivity contribution is -0.377. The number of rotatable bonds is 0. The maximum Gasteiger partial charge on any atom is 0.166 e. The van der Waals surface area contributed by atoms with Crippen molar-refractivity contribution in [3.63, 3.8) is 0 Å². The van der Waals surface area contributed by atoms with Crippen molar-refractivity contribution < 1.29 is 4.98 Å². The van der Waals surface area contributed by atoms with Crippen LogP contribution in [-0.2, 0) is 0 Å². The van der Waals surface area contributed by atoms with Gasteiger partial charge in [0.2, 0.25) is 0 Å². The number of H-pyrrole nitrogens is 1. The van der Waals surface area contributed by atoms with Crippen LogP contribution in [0.2, 0.25) is 0 Å². The fourth-order valence-corrected chi connectivity index (χ4v) is 0.342. The van der Waals surface area contributed by atoms with Gasteiger partial charge in [0.15, 0.2) is 12.4 Å². The van der Waals surface area contributed by atoms with Crippen LogP contribution in [0.5, 0.6) is 0 Å². The Labute approximate surface area is 45.0 Å². The van der Waals surface area contributed by atoms with Crippen molar-refractivity contribution in [3.05, 3.63) is 30.6 Å². The molecule has 33 valence electrons. The lowest BCUT2D eigenvalue weighted by Gasteiger charge is -1.63. The Morgan fingerprint density at radius 2 is 1.43 bits per heavy atom. The summed E-state index contributed by atoms with van der Waals surface area (Å²) in [6, 6.07) is 5.86. The zero-order valence-electron chi connectivity index (χ0n) is 3.96. The summed E-state index contributed by atoms with van der Waals surface area (Å²) in [5, 5.41) is 0. The van der Waals surface area contributed by atoms with E-state index in [1.807, 2.05) is 30.6 Å². The molecule has 0 aliphatic carbocycles. The van der Waals surface area contributed by atoms with Crippen LogP contribution in [0.3, 0.4) is 0 Å². The smallest absolute Gasteiger partial charge is 0.166 e. The third-order valence-electron chi connectivity index (χ3n) is 0.607. The molecular formula is C5H6BN+. The quantitative estimate of drug-likeness (QED) is 0.402. The zero-order valence-corrected chi connectivity index (χ0v) is 3.96. The number of aromatic nitrogens is 1. The number of hydrogen-bond acceptors (Lipinski definition) is 0. The molecule has 1 N–H and O–H groups in total. The molecule has 0 aliphatic rings. The second-order valence-corrected chi connectivity index (χ2v) is 1.08. The minimum Gasteiger partial charge on any atom is -0.218 e. The van der Waals surface area contributed by atoms with Gasteiger partial charge in [-0.1, -0.05) is 6.07 Å². The number of nitrogens with one attached hydrogen (secondary N) is 1. The standard InChI is InChI=1S/C5H5N.B/c1-2-4-6-5-3-1;/h1-5H;/p+1. The first-order valence-corrected chi connectivity index (χ1v) is 1.91. The second-order valence-electron chi connectivity index (χ2n) is 1.08. The van der Waals surface area contributed by atoms with Gasteiger partial charge in [-0.15, -0.1) is 0 Å². The normalized spacial score (nSPS) is 6.86. The van der Waals surface area contributed by atoms with Gasteiger partial charge in [0.25, 0.3) is 0 Å². The minimum atomic E-state index is 0. The van der Waals surface area contributed by atoms with Gasteiger partial charge in [0.1, 0.15) is 0 Å². The summed E-state index contributed by atoms with van der Waals surface area (Å²) in [5.41, 5.74) is 0. The summed E-state index contributed by atoms with van der Waals surface area (Å²) in [6.07, 6.45) is 3.75. The molecule has 0 saturated carbocycles. The van der Waals surface area contributed by atoms with E-state index in [1.54, 1.807) is 0 Å². The minimum absolute atomic E-state index is 0. The second kappa shape index (κ2) is 3.41. The van der Waals surface area contributed by atoms with Crippen LogP contribution in [0, 0.1) is 0 Å². The SMILES string of the molecule is [B].c1cc[nH+]cc1. The molecule has 1 nitrogen and oxygen atoms in total. The van der Waals surface area contributed by atoms with E-state index >= 15 is 0 Å². The summed E-state index contributed by atoms with van der Waals surface area (Å²) < 4.78 is 0. The molecule has 2 heteroatoms. The molecule has 1 aromatic rings. The maximum absolute atomic E-state index is 2.89. The summed E-state index contributed by atoms with van der Waals surface area (Å²) >= 11 is 0. The summed E-state index contributed by atoms with van der Waals surface area (Å²) in [6.45, 7) is 0. The summed E-state index contributed by atoms with van der Waals surface area (Å²) in [7, 11) is 0. The molecule has 1 aromatic heterocycles. The van der Waals surface area contributed by atoms with E-state index in [1.165, 1.54) is 0 Å². The number of pyridine rings is 1. The average molecular weight is 90.9 g/mol. The maximum atomic E-state index is 2.89. The molecule has 0 bridgehead atoms. The van der Waals surface area contributed by atoms with Crippen molar-refractivity contribution >= 4 is 8.41 Å². The molecule has 0 unspecified atom stereocenters. The number of aromatic amines is 1. The van der Waals surface area contributed by atoms with Crippen LogP contribution in [-0.4, -0.2) is 8.41 Å². The third-order valence-corrected chi connectivity index (χ3v) is 0.607. The predicted octanol–water partition coefficient (Wildman–Crippen LogP) is 0.120. The molecule has 1 rings (SSSR count). The highest BCUT2D eigenvalue weighted by Gasteiger charge is 1.65. The number of hydrogen-bond donors (Lipinski definition) is 0. The van der Waals surface area contributed by atoms with Gasteiger partial charge in [-0.25, -0.2) is 4.98 Å². The third kappa shape index (κ3) is 1.98. The highest BCUT2D eigenvalue weighted by Crippen LogP contribution is 1.68. The molecule has 7 heavy (non-hydrogen) atoms. The molecule has 0 saturated heterocycles. The van der Waals surface area contributed by atoms with Crippen LogP contribution in [0.25, 0.3) is 0 Å². The molecule has 0 spiro atoms. The largest absolute Gasteiger partial charge is 0.218 e. The Bertz CT molecular complexity index is 80.0. The van der Waals surface area contributed by atoms with Crippen LogP contribution >= 0.6 is 0 Å². The van der Waals surface area contributed by atoms with Gasteiger partial charge in [0.05, 0.1) is 0 Å². The van der Waals surface area contributed by atoms with E-state index in [4.69, 9.17) is 0 Å². The average Bonchev–Trinajstić information content (AvgIpc) is 1.72. The lowest BCUT2D eigenvalue weighted by atomic mass is 10.5. The molecule has 0 aliphatic heterocycles. The van der Waals surface area contributed by atoms with Gasteiger partial charge < -0.3 is 0 Å². The fraction of sp³-hybridized carbons (Fsp3) is 0. The van der Waals surface area contributed by atoms with E-state index < -0.39 is 0 Å². The van der Waals surface area contributed by atoms with Crippen LogP contribution in [0.1, 0.15) is 0 Å². The molecule has 0 aromatic carbocycles. The Balaban J connectivity index is 0.000000360. The van der Waals surface area contributed by atoms with E-state index in [0.29, 0.717) is 0 Å². The van der Waals surface area contributed by atoms with Crippen molar-refractivity contribution in [2.24, 2.45) is 0 Å². The van der Waals surface area contributed by atoms with Gasteiger partial charge in [0, 0.05) is 20.5 Å². The molecule has 1 heterocycles. The zero-order chi connectivity index (χ0) is 4.24. The van der Waals surface area contributed by atoms with Crippen LogP contribution < -0.4 is 4.98 Å². The van der Waals surface area contributed by atoms with E-state index in [0.717, 1.165) is 0 Å². The molecule has 3 radical (unpaired) electrons. The molecule has 0 amide bonds. The van der Waals surface area contributed by atoms with Crippen molar-refractivity contribution in [3.8, 4) is 0 Å². The van der Waals surface area contributed by atoms with Crippen LogP contribution in [0.15, 0.2) is 30.6 Å². The molecule has 0 fully saturated rings. The first-order valence-electron chi connectivity index (χ1n) is 1.91. The molecule has 0 atom stereocenters.